The van der Waals surface area contributed by atoms with Gasteiger partial charge >= 0.3 is 6.18 Å². The second kappa shape index (κ2) is 6.26. The monoisotopic (exact) mass is 352 g/mol. The van der Waals surface area contributed by atoms with Crippen molar-refractivity contribution in [3.63, 3.8) is 0 Å². The van der Waals surface area contributed by atoms with Crippen molar-refractivity contribution in [3.05, 3.63) is 42.2 Å². The summed E-state index contributed by atoms with van der Waals surface area (Å²) in [5.41, 5.74) is 4.93. The van der Waals surface area contributed by atoms with Gasteiger partial charge in [0, 0.05) is 18.1 Å². The molecule has 0 atom stereocenters. The van der Waals surface area contributed by atoms with Gasteiger partial charge in [-0.1, -0.05) is 6.07 Å². The van der Waals surface area contributed by atoms with Gasteiger partial charge in [-0.25, -0.2) is 9.61 Å². The zero-order valence-electron chi connectivity index (χ0n) is 12.5. The van der Waals surface area contributed by atoms with Gasteiger partial charge in [0.2, 0.25) is 5.91 Å². The van der Waals surface area contributed by atoms with E-state index >= 15 is 0 Å². The highest BCUT2D eigenvalue weighted by molar-refractivity contribution is 5.91. The molecule has 3 aromatic rings. The lowest BCUT2D eigenvalue weighted by Gasteiger charge is -2.10. The van der Waals surface area contributed by atoms with Crippen molar-refractivity contribution in [2.75, 3.05) is 11.1 Å². The number of nitrogens with one attached hydrogen (secondary N) is 1. The van der Waals surface area contributed by atoms with E-state index in [0.29, 0.717) is 0 Å². The Kier molecular flexibility index (Phi) is 4.13. The first kappa shape index (κ1) is 16.5. The van der Waals surface area contributed by atoms with Gasteiger partial charge in [0.05, 0.1) is 5.56 Å². The predicted molar refractivity (Wildman–Crippen MR) is 80.0 cm³/mol. The van der Waals surface area contributed by atoms with Crippen molar-refractivity contribution in [1.29, 1.82) is 0 Å². The molecule has 25 heavy (non-hydrogen) atoms. The number of carbonyl (C=O) groups excluding carboxylic acids is 1. The minimum absolute atomic E-state index is 0.00531. The Morgan fingerprint density at radius 1 is 1.32 bits per heavy atom. The average molecular weight is 352 g/mol. The SMILES string of the molecule is Nc1nonc1-c1nccn1CC(=O)Nc1cccc(C(F)(F)F)c1. The number of benzene rings is 1. The molecule has 0 unspecified atom stereocenters. The van der Waals surface area contributed by atoms with Crippen molar-refractivity contribution >= 4 is 17.4 Å². The van der Waals surface area contributed by atoms with Gasteiger partial charge in [0.25, 0.3) is 0 Å². The van der Waals surface area contributed by atoms with Gasteiger partial charge in [-0.2, -0.15) is 13.2 Å². The highest BCUT2D eigenvalue weighted by atomic mass is 19.4. The third-order valence-corrected chi connectivity index (χ3v) is 3.23. The smallest absolute Gasteiger partial charge is 0.379 e. The van der Waals surface area contributed by atoms with E-state index in [0.717, 1.165) is 12.1 Å². The van der Waals surface area contributed by atoms with Crippen molar-refractivity contribution in [1.82, 2.24) is 19.9 Å². The highest BCUT2D eigenvalue weighted by Gasteiger charge is 2.30. The molecule has 3 N–H and O–H groups in total. The van der Waals surface area contributed by atoms with E-state index in [1.807, 2.05) is 0 Å². The Morgan fingerprint density at radius 2 is 2.12 bits per heavy atom. The zero-order chi connectivity index (χ0) is 18.0. The first-order valence-electron chi connectivity index (χ1n) is 6.91. The number of halogens is 3. The minimum Gasteiger partial charge on any atom is -0.379 e. The number of amides is 1. The number of nitrogens with two attached hydrogens (primary N) is 1. The number of rotatable bonds is 4. The number of alkyl halides is 3. The van der Waals surface area contributed by atoms with Crippen LogP contribution in [0.2, 0.25) is 0 Å². The summed E-state index contributed by atoms with van der Waals surface area (Å²) in [6.45, 7) is -0.210. The van der Waals surface area contributed by atoms with Crippen molar-refractivity contribution in [3.8, 4) is 11.5 Å². The van der Waals surface area contributed by atoms with Crippen LogP contribution in [0.5, 0.6) is 0 Å². The van der Waals surface area contributed by atoms with E-state index < -0.39 is 17.6 Å². The van der Waals surface area contributed by atoms with Gasteiger partial charge in [-0.3, -0.25) is 4.79 Å². The van der Waals surface area contributed by atoms with Crippen LogP contribution in [-0.2, 0) is 17.5 Å². The summed E-state index contributed by atoms with van der Waals surface area (Å²) in [5.74, 6) is -0.294. The number of hydrogen-bond acceptors (Lipinski definition) is 6. The van der Waals surface area contributed by atoms with E-state index in [4.69, 9.17) is 5.73 Å². The molecule has 0 radical (unpaired) electrons. The second-order valence-electron chi connectivity index (χ2n) is 5.00. The first-order chi connectivity index (χ1) is 11.8. The maximum absolute atomic E-state index is 12.7. The van der Waals surface area contributed by atoms with E-state index in [1.165, 1.54) is 29.1 Å². The molecule has 130 valence electrons. The Balaban J connectivity index is 1.75. The van der Waals surface area contributed by atoms with Crippen LogP contribution in [0.1, 0.15) is 5.56 Å². The van der Waals surface area contributed by atoms with Crippen LogP contribution in [0.4, 0.5) is 24.7 Å². The average Bonchev–Trinajstić information content (AvgIpc) is 3.15. The van der Waals surface area contributed by atoms with Crippen molar-refractivity contribution in [2.45, 2.75) is 12.7 Å². The maximum Gasteiger partial charge on any atom is 0.416 e. The van der Waals surface area contributed by atoms with Gasteiger partial charge in [0.15, 0.2) is 17.3 Å². The first-order valence-corrected chi connectivity index (χ1v) is 6.91. The minimum atomic E-state index is -4.49. The number of aromatic nitrogens is 4. The summed E-state index contributed by atoms with van der Waals surface area (Å²) in [7, 11) is 0. The number of nitrogen functional groups attached to an aromatic ring is 1. The Hall–Kier alpha value is -3.37. The van der Waals surface area contributed by atoms with Crippen LogP contribution in [0.25, 0.3) is 11.5 Å². The molecule has 8 nitrogen and oxygen atoms in total. The van der Waals surface area contributed by atoms with Crippen LogP contribution in [0.3, 0.4) is 0 Å². The Bertz CT molecular complexity index is 902. The number of imidazole rings is 1. The van der Waals surface area contributed by atoms with Gasteiger partial charge in [0.1, 0.15) is 6.54 Å². The predicted octanol–water partition coefficient (Wildman–Crippen LogP) is 2.17. The molecular formula is C14H11F3N6O2. The van der Waals surface area contributed by atoms with Gasteiger partial charge < -0.3 is 15.6 Å². The summed E-state index contributed by atoms with van der Waals surface area (Å²) in [6.07, 6.45) is -1.58. The zero-order valence-corrected chi connectivity index (χ0v) is 12.5. The number of nitrogens with zero attached hydrogens (tertiary/aromatic N) is 4. The largest absolute Gasteiger partial charge is 0.416 e. The lowest BCUT2D eigenvalue weighted by Crippen LogP contribution is -2.19. The maximum atomic E-state index is 12.7. The summed E-state index contributed by atoms with van der Waals surface area (Å²) >= 11 is 0. The summed E-state index contributed by atoms with van der Waals surface area (Å²) in [4.78, 5) is 16.1. The lowest BCUT2D eigenvalue weighted by molar-refractivity contribution is -0.137. The molecule has 2 aromatic heterocycles. The molecular weight excluding hydrogens is 341 g/mol. The molecule has 0 aliphatic heterocycles. The summed E-state index contributed by atoms with van der Waals surface area (Å²) in [5, 5.41) is 9.42. The fourth-order valence-corrected chi connectivity index (χ4v) is 2.13. The van der Waals surface area contributed by atoms with Crippen LogP contribution in [-0.4, -0.2) is 25.8 Å². The molecule has 0 aliphatic rings. The molecule has 1 aromatic carbocycles. The molecule has 0 fully saturated rings. The molecule has 0 saturated carbocycles. The summed E-state index contributed by atoms with van der Waals surface area (Å²) < 4.78 is 44.0. The molecule has 2 heterocycles. The number of carbonyl (C=O) groups is 1. The fraction of sp³-hybridized carbons (Fsp3) is 0.143. The molecule has 0 bridgehead atoms. The topological polar surface area (TPSA) is 112 Å². The van der Waals surface area contributed by atoms with Crippen molar-refractivity contribution in [2.24, 2.45) is 0 Å². The Labute approximate surface area is 138 Å². The normalized spacial score (nSPS) is 11.5. The lowest BCUT2D eigenvalue weighted by atomic mass is 10.2. The highest BCUT2D eigenvalue weighted by Crippen LogP contribution is 2.30. The van der Waals surface area contributed by atoms with Crippen molar-refractivity contribution < 1.29 is 22.6 Å². The third kappa shape index (κ3) is 3.59. The van der Waals surface area contributed by atoms with Crippen LogP contribution >= 0.6 is 0 Å². The third-order valence-electron chi connectivity index (χ3n) is 3.23. The van der Waals surface area contributed by atoms with Crippen LogP contribution in [0, 0.1) is 0 Å². The van der Waals surface area contributed by atoms with Crippen LogP contribution < -0.4 is 11.1 Å². The standard InChI is InChI=1S/C14H11F3N6O2/c15-14(16,17)8-2-1-3-9(6-8)20-10(24)7-23-5-4-19-13(23)11-12(18)22-25-21-11/h1-6H,7H2,(H2,18,22)(H,20,24). The van der Waals surface area contributed by atoms with Gasteiger partial charge in [-0.15, -0.1) is 0 Å². The Morgan fingerprint density at radius 3 is 2.80 bits per heavy atom. The number of anilines is 2. The second-order valence-corrected chi connectivity index (χ2v) is 5.00. The molecule has 0 spiro atoms. The molecule has 0 saturated heterocycles. The summed E-state index contributed by atoms with van der Waals surface area (Å²) in [6, 6.07) is 4.35. The van der Waals surface area contributed by atoms with Gasteiger partial charge in [-0.05, 0) is 28.5 Å². The van der Waals surface area contributed by atoms with E-state index in [2.05, 4.69) is 25.2 Å². The molecule has 11 heteroatoms. The van der Waals surface area contributed by atoms with Crippen LogP contribution in [0.15, 0.2) is 41.3 Å². The molecule has 1 amide bonds. The molecule has 0 aliphatic carbocycles. The molecule has 3 rings (SSSR count). The quantitative estimate of drug-likeness (QED) is 0.744. The van der Waals surface area contributed by atoms with E-state index in [-0.39, 0.29) is 29.6 Å². The van der Waals surface area contributed by atoms with E-state index in [1.54, 1.807) is 0 Å². The fourth-order valence-electron chi connectivity index (χ4n) is 2.13. The van der Waals surface area contributed by atoms with E-state index in [9.17, 15) is 18.0 Å². The number of hydrogen-bond donors (Lipinski definition) is 2.